The topological polar surface area (TPSA) is 74.0 Å². The molecule has 1 heterocycles. The second kappa shape index (κ2) is 5.00. The molecule has 0 unspecified atom stereocenters. The van der Waals surface area contributed by atoms with Crippen LogP contribution in [0.4, 0.5) is 10.5 Å². The van der Waals surface area contributed by atoms with Gasteiger partial charge in [0.1, 0.15) is 0 Å². The molecule has 2 amide bonds. The Morgan fingerprint density at radius 1 is 1.20 bits per heavy atom. The zero-order valence-electron chi connectivity index (χ0n) is 12.1. The van der Waals surface area contributed by atoms with E-state index in [1.807, 2.05) is 39.0 Å². The van der Waals surface area contributed by atoms with Crippen LogP contribution < -0.4 is 16.2 Å². The normalized spacial score (nSPS) is 11.4. The predicted molar refractivity (Wildman–Crippen MR) is 81.2 cm³/mol. The van der Waals surface area contributed by atoms with Crippen LogP contribution in [0.15, 0.2) is 29.1 Å². The van der Waals surface area contributed by atoms with Gasteiger partial charge in [0, 0.05) is 16.8 Å². The number of aryl methyl sites for hydroxylation is 1. The lowest BCUT2D eigenvalue weighted by Gasteiger charge is -2.20. The third kappa shape index (κ3) is 3.38. The summed E-state index contributed by atoms with van der Waals surface area (Å²) in [6, 6.07) is 6.98. The molecule has 0 atom stereocenters. The number of benzene rings is 1. The summed E-state index contributed by atoms with van der Waals surface area (Å²) in [5, 5.41) is 6.50. The van der Waals surface area contributed by atoms with Crippen molar-refractivity contribution in [1.29, 1.82) is 0 Å². The number of hydrogen-bond donors (Lipinski definition) is 3. The summed E-state index contributed by atoms with van der Waals surface area (Å²) in [4.78, 5) is 26.2. The van der Waals surface area contributed by atoms with E-state index in [0.29, 0.717) is 16.8 Å². The number of rotatable bonds is 1. The van der Waals surface area contributed by atoms with Crippen molar-refractivity contribution < 1.29 is 4.79 Å². The summed E-state index contributed by atoms with van der Waals surface area (Å²) >= 11 is 0. The number of carbonyl (C=O) groups is 1. The number of pyridine rings is 1. The molecule has 0 saturated carbocycles. The first kappa shape index (κ1) is 14.1. The van der Waals surface area contributed by atoms with Crippen molar-refractivity contribution in [2.24, 2.45) is 0 Å². The standard InChI is InChI=1S/C15H19N3O2/c1-9-7-10-5-6-11(8-12(10)17-13(9)19)16-14(20)18-15(2,3)4/h5-8H,1-4H3,(H,17,19)(H2,16,18,20). The first-order chi connectivity index (χ1) is 9.24. The van der Waals surface area contributed by atoms with Crippen LogP contribution in [0.2, 0.25) is 0 Å². The second-order valence-electron chi connectivity index (χ2n) is 5.91. The average molecular weight is 273 g/mol. The van der Waals surface area contributed by atoms with Crippen molar-refractivity contribution in [2.75, 3.05) is 5.32 Å². The molecule has 1 aromatic carbocycles. The van der Waals surface area contributed by atoms with E-state index >= 15 is 0 Å². The smallest absolute Gasteiger partial charge is 0.319 e. The summed E-state index contributed by atoms with van der Waals surface area (Å²) in [6.45, 7) is 7.49. The maximum atomic E-state index is 11.8. The highest BCUT2D eigenvalue weighted by atomic mass is 16.2. The van der Waals surface area contributed by atoms with Gasteiger partial charge in [-0.3, -0.25) is 4.79 Å². The molecule has 0 fully saturated rings. The molecule has 0 radical (unpaired) electrons. The van der Waals surface area contributed by atoms with E-state index in [-0.39, 0.29) is 17.1 Å². The fourth-order valence-electron chi connectivity index (χ4n) is 1.89. The molecule has 0 saturated heterocycles. The molecular weight excluding hydrogens is 254 g/mol. The molecule has 20 heavy (non-hydrogen) atoms. The van der Waals surface area contributed by atoms with Gasteiger partial charge >= 0.3 is 6.03 Å². The van der Waals surface area contributed by atoms with Crippen molar-refractivity contribution in [3.63, 3.8) is 0 Å². The number of nitrogens with one attached hydrogen (secondary N) is 3. The van der Waals surface area contributed by atoms with E-state index < -0.39 is 0 Å². The predicted octanol–water partition coefficient (Wildman–Crippen LogP) is 2.76. The number of hydrogen-bond acceptors (Lipinski definition) is 2. The molecule has 0 bridgehead atoms. The number of aromatic nitrogens is 1. The Labute approximate surface area is 117 Å². The summed E-state index contributed by atoms with van der Waals surface area (Å²) in [5.41, 5.74) is 1.59. The van der Waals surface area contributed by atoms with Gasteiger partial charge in [-0.1, -0.05) is 6.07 Å². The van der Waals surface area contributed by atoms with Crippen LogP contribution in [0.5, 0.6) is 0 Å². The number of amides is 2. The number of H-pyrrole nitrogens is 1. The zero-order chi connectivity index (χ0) is 14.9. The summed E-state index contributed by atoms with van der Waals surface area (Å²) in [6.07, 6.45) is 0. The van der Waals surface area contributed by atoms with E-state index in [1.165, 1.54) is 0 Å². The molecule has 1 aromatic heterocycles. The zero-order valence-corrected chi connectivity index (χ0v) is 12.1. The third-order valence-corrected chi connectivity index (χ3v) is 2.78. The highest BCUT2D eigenvalue weighted by Gasteiger charge is 2.13. The lowest BCUT2D eigenvalue weighted by molar-refractivity contribution is 0.244. The van der Waals surface area contributed by atoms with Crippen LogP contribution in [-0.4, -0.2) is 16.6 Å². The largest absolute Gasteiger partial charge is 0.333 e. The van der Waals surface area contributed by atoms with Crippen LogP contribution in [0.1, 0.15) is 26.3 Å². The van der Waals surface area contributed by atoms with Gasteiger partial charge in [-0.25, -0.2) is 4.79 Å². The molecule has 3 N–H and O–H groups in total. The lowest BCUT2D eigenvalue weighted by Crippen LogP contribution is -2.43. The average Bonchev–Trinajstić information content (AvgIpc) is 2.28. The number of fused-ring (bicyclic) bond motifs is 1. The molecule has 0 aliphatic rings. The first-order valence-electron chi connectivity index (χ1n) is 6.47. The van der Waals surface area contributed by atoms with Gasteiger partial charge in [0.05, 0.1) is 5.52 Å². The fraction of sp³-hybridized carbons (Fsp3) is 0.333. The van der Waals surface area contributed by atoms with E-state index in [9.17, 15) is 9.59 Å². The fourth-order valence-corrected chi connectivity index (χ4v) is 1.89. The highest BCUT2D eigenvalue weighted by Crippen LogP contribution is 2.17. The number of carbonyl (C=O) groups excluding carboxylic acids is 1. The van der Waals surface area contributed by atoms with E-state index in [1.54, 1.807) is 13.0 Å². The maximum absolute atomic E-state index is 11.8. The maximum Gasteiger partial charge on any atom is 0.319 e. The number of aromatic amines is 1. The number of urea groups is 1. The minimum atomic E-state index is -0.299. The van der Waals surface area contributed by atoms with Crippen LogP contribution in [0.25, 0.3) is 10.9 Å². The van der Waals surface area contributed by atoms with E-state index in [0.717, 1.165) is 5.39 Å². The highest BCUT2D eigenvalue weighted by molar-refractivity contribution is 5.92. The van der Waals surface area contributed by atoms with Gasteiger partial charge in [-0.2, -0.15) is 0 Å². The van der Waals surface area contributed by atoms with Gasteiger partial charge in [0.15, 0.2) is 0 Å². The molecule has 2 rings (SSSR count). The summed E-state index contributed by atoms with van der Waals surface area (Å²) in [5.74, 6) is 0. The molecule has 0 aliphatic heterocycles. The SMILES string of the molecule is Cc1cc2ccc(NC(=O)NC(C)(C)C)cc2[nH]c1=O. The van der Waals surface area contributed by atoms with Gasteiger partial charge < -0.3 is 15.6 Å². The second-order valence-corrected chi connectivity index (χ2v) is 5.91. The molecule has 106 valence electrons. The Kier molecular flexibility index (Phi) is 3.53. The summed E-state index contributed by atoms with van der Waals surface area (Å²) < 4.78 is 0. The Hall–Kier alpha value is -2.30. The Morgan fingerprint density at radius 2 is 1.90 bits per heavy atom. The van der Waals surface area contributed by atoms with Crippen molar-refractivity contribution in [3.05, 3.63) is 40.2 Å². The molecule has 2 aromatic rings. The van der Waals surface area contributed by atoms with Crippen LogP contribution in [0.3, 0.4) is 0 Å². The van der Waals surface area contributed by atoms with Gasteiger partial charge in [-0.15, -0.1) is 0 Å². The Bertz CT molecular complexity index is 711. The Balaban J connectivity index is 2.26. The quantitative estimate of drug-likeness (QED) is 0.747. The minimum absolute atomic E-state index is 0.117. The minimum Gasteiger partial charge on any atom is -0.333 e. The molecular formula is C15H19N3O2. The first-order valence-corrected chi connectivity index (χ1v) is 6.47. The monoisotopic (exact) mass is 273 g/mol. The Morgan fingerprint density at radius 3 is 2.55 bits per heavy atom. The molecule has 5 nitrogen and oxygen atoms in total. The third-order valence-electron chi connectivity index (χ3n) is 2.78. The molecule has 0 spiro atoms. The van der Waals surface area contributed by atoms with Gasteiger partial charge in [0.2, 0.25) is 0 Å². The van der Waals surface area contributed by atoms with Crippen molar-refractivity contribution >= 4 is 22.6 Å². The van der Waals surface area contributed by atoms with Crippen LogP contribution in [0, 0.1) is 6.92 Å². The molecule has 5 heteroatoms. The van der Waals surface area contributed by atoms with Gasteiger partial charge in [-0.05, 0) is 51.3 Å². The van der Waals surface area contributed by atoms with E-state index in [4.69, 9.17) is 0 Å². The van der Waals surface area contributed by atoms with Crippen LogP contribution >= 0.6 is 0 Å². The van der Waals surface area contributed by atoms with Crippen molar-refractivity contribution in [3.8, 4) is 0 Å². The van der Waals surface area contributed by atoms with Crippen LogP contribution in [-0.2, 0) is 0 Å². The van der Waals surface area contributed by atoms with E-state index in [2.05, 4.69) is 15.6 Å². The number of anilines is 1. The van der Waals surface area contributed by atoms with Crippen molar-refractivity contribution in [1.82, 2.24) is 10.3 Å². The molecule has 0 aliphatic carbocycles. The lowest BCUT2D eigenvalue weighted by atomic mass is 10.1. The van der Waals surface area contributed by atoms with Crippen molar-refractivity contribution in [2.45, 2.75) is 33.2 Å². The van der Waals surface area contributed by atoms with Gasteiger partial charge in [0.25, 0.3) is 5.56 Å². The summed E-state index contributed by atoms with van der Waals surface area (Å²) in [7, 11) is 0.